The van der Waals surface area contributed by atoms with Crippen molar-refractivity contribution >= 4 is 23.2 Å². The van der Waals surface area contributed by atoms with Gasteiger partial charge in [-0.2, -0.15) is 4.98 Å². The molecule has 0 atom stereocenters. The first kappa shape index (κ1) is 16.9. The molecule has 122 valence electrons. The van der Waals surface area contributed by atoms with Crippen LogP contribution < -0.4 is 10.6 Å². The molecular formula is C17H23N5O. The minimum absolute atomic E-state index is 0.0572. The molecule has 0 aliphatic heterocycles. The Morgan fingerprint density at radius 1 is 1.17 bits per heavy atom. The van der Waals surface area contributed by atoms with Gasteiger partial charge in [0, 0.05) is 36.1 Å². The lowest BCUT2D eigenvalue weighted by Gasteiger charge is -2.12. The van der Waals surface area contributed by atoms with Crippen LogP contribution in [0.3, 0.4) is 0 Å². The van der Waals surface area contributed by atoms with Gasteiger partial charge in [0.1, 0.15) is 5.82 Å². The molecule has 2 rings (SSSR count). The van der Waals surface area contributed by atoms with Gasteiger partial charge in [0.2, 0.25) is 5.95 Å². The first-order valence-corrected chi connectivity index (χ1v) is 7.56. The average molecular weight is 313 g/mol. The van der Waals surface area contributed by atoms with Crippen molar-refractivity contribution in [1.29, 1.82) is 0 Å². The second-order valence-electron chi connectivity index (χ2n) is 5.71. The van der Waals surface area contributed by atoms with E-state index in [2.05, 4.69) is 25.5 Å². The predicted molar refractivity (Wildman–Crippen MR) is 93.5 cm³/mol. The van der Waals surface area contributed by atoms with E-state index in [9.17, 15) is 4.79 Å². The Morgan fingerprint density at radius 3 is 2.48 bits per heavy atom. The molecule has 0 unspecified atom stereocenters. The molecule has 0 aliphatic rings. The number of aryl methyl sites for hydroxylation is 1. The number of likely N-dealkylation sites (N-methyl/N-ethyl adjacent to an activating group) is 1. The van der Waals surface area contributed by atoms with Crippen LogP contribution in [-0.4, -0.2) is 47.8 Å². The highest BCUT2D eigenvalue weighted by molar-refractivity contribution is 5.94. The molecule has 1 aromatic heterocycles. The van der Waals surface area contributed by atoms with Gasteiger partial charge in [-0.1, -0.05) is 0 Å². The summed E-state index contributed by atoms with van der Waals surface area (Å²) in [4.78, 5) is 22.2. The average Bonchev–Trinajstić information content (AvgIpc) is 2.46. The van der Waals surface area contributed by atoms with Gasteiger partial charge < -0.3 is 15.5 Å². The molecule has 0 fully saturated rings. The van der Waals surface area contributed by atoms with Crippen LogP contribution in [0.4, 0.5) is 17.5 Å². The molecule has 1 heterocycles. The Bertz CT molecular complexity index is 667. The van der Waals surface area contributed by atoms with Crippen molar-refractivity contribution in [3.05, 3.63) is 41.6 Å². The molecular weight excluding hydrogens is 290 g/mol. The third-order valence-electron chi connectivity index (χ3n) is 3.26. The van der Waals surface area contributed by atoms with Crippen molar-refractivity contribution in [3.63, 3.8) is 0 Å². The summed E-state index contributed by atoms with van der Waals surface area (Å²) in [5.74, 6) is 1.39. The molecule has 0 saturated carbocycles. The number of nitrogens with one attached hydrogen (secondary N) is 2. The molecule has 6 heteroatoms. The number of carbonyl (C=O) groups is 1. The fourth-order valence-corrected chi connectivity index (χ4v) is 2.04. The second-order valence-corrected chi connectivity index (χ2v) is 5.71. The zero-order chi connectivity index (χ0) is 16.8. The van der Waals surface area contributed by atoms with Gasteiger partial charge in [0.15, 0.2) is 5.78 Å². The Balaban J connectivity index is 2.07. The van der Waals surface area contributed by atoms with Crippen LogP contribution in [0.25, 0.3) is 0 Å². The quantitative estimate of drug-likeness (QED) is 0.766. The van der Waals surface area contributed by atoms with Gasteiger partial charge in [-0.3, -0.25) is 4.79 Å². The van der Waals surface area contributed by atoms with Gasteiger partial charge in [-0.15, -0.1) is 0 Å². The minimum atomic E-state index is 0.0572. The van der Waals surface area contributed by atoms with Crippen molar-refractivity contribution in [2.45, 2.75) is 13.8 Å². The van der Waals surface area contributed by atoms with Crippen molar-refractivity contribution in [1.82, 2.24) is 14.9 Å². The van der Waals surface area contributed by atoms with Gasteiger partial charge >= 0.3 is 0 Å². The van der Waals surface area contributed by atoms with E-state index in [1.54, 1.807) is 19.1 Å². The van der Waals surface area contributed by atoms with E-state index < -0.39 is 0 Å². The van der Waals surface area contributed by atoms with Crippen molar-refractivity contribution < 1.29 is 4.79 Å². The standard InChI is InChI=1S/C17H23N5O/c1-12-11-16(21-17(19-12)18-9-10-22(3)4)20-15-7-5-14(6-8-15)13(2)23/h5-8,11H,9-10H2,1-4H3,(H2,18,19,20,21). The fourth-order valence-electron chi connectivity index (χ4n) is 2.04. The third-order valence-corrected chi connectivity index (χ3v) is 3.26. The number of Topliss-reactive ketones (excluding diaryl/α,β-unsaturated/α-hetero) is 1. The summed E-state index contributed by atoms with van der Waals surface area (Å²) in [5.41, 5.74) is 2.46. The second kappa shape index (κ2) is 7.69. The predicted octanol–water partition coefficient (Wildman–Crippen LogP) is 2.70. The van der Waals surface area contributed by atoms with Gasteiger partial charge in [0.05, 0.1) is 0 Å². The largest absolute Gasteiger partial charge is 0.353 e. The van der Waals surface area contributed by atoms with Crippen molar-refractivity contribution in [2.24, 2.45) is 0 Å². The highest BCUT2D eigenvalue weighted by atomic mass is 16.1. The third kappa shape index (κ3) is 5.34. The molecule has 6 nitrogen and oxygen atoms in total. The van der Waals surface area contributed by atoms with Crippen LogP contribution in [-0.2, 0) is 0 Å². The zero-order valence-electron chi connectivity index (χ0n) is 14.1. The number of hydrogen-bond acceptors (Lipinski definition) is 6. The molecule has 0 amide bonds. The highest BCUT2D eigenvalue weighted by Crippen LogP contribution is 2.17. The number of rotatable bonds is 7. The smallest absolute Gasteiger partial charge is 0.224 e. The van der Waals surface area contributed by atoms with Gasteiger partial charge in [-0.05, 0) is 52.2 Å². The lowest BCUT2D eigenvalue weighted by molar-refractivity contribution is 0.101. The lowest BCUT2D eigenvalue weighted by atomic mass is 10.1. The molecule has 0 radical (unpaired) electrons. The molecule has 0 aliphatic carbocycles. The summed E-state index contributed by atoms with van der Waals surface area (Å²) >= 11 is 0. The van der Waals surface area contributed by atoms with Crippen LogP contribution >= 0.6 is 0 Å². The Labute approximate surface area is 137 Å². The van der Waals surface area contributed by atoms with Crippen molar-refractivity contribution in [2.75, 3.05) is 37.8 Å². The fraction of sp³-hybridized carbons (Fsp3) is 0.353. The monoisotopic (exact) mass is 313 g/mol. The summed E-state index contributed by atoms with van der Waals surface area (Å²) in [7, 11) is 4.05. The number of anilines is 3. The van der Waals surface area contributed by atoms with E-state index >= 15 is 0 Å². The maximum atomic E-state index is 11.3. The Kier molecular flexibility index (Phi) is 5.65. The first-order chi connectivity index (χ1) is 10.9. The SMILES string of the molecule is CC(=O)c1ccc(Nc2cc(C)nc(NCCN(C)C)n2)cc1. The summed E-state index contributed by atoms with van der Waals surface area (Å²) in [6.45, 7) is 5.18. The first-order valence-electron chi connectivity index (χ1n) is 7.56. The number of benzene rings is 1. The molecule has 0 spiro atoms. The van der Waals surface area contributed by atoms with Crippen LogP contribution in [0.1, 0.15) is 23.0 Å². The van der Waals surface area contributed by atoms with E-state index in [-0.39, 0.29) is 5.78 Å². The molecule has 0 bridgehead atoms. The number of carbonyl (C=O) groups excluding carboxylic acids is 1. The van der Waals surface area contributed by atoms with Crippen LogP contribution in [0.5, 0.6) is 0 Å². The van der Waals surface area contributed by atoms with Crippen LogP contribution in [0.2, 0.25) is 0 Å². The molecule has 0 saturated heterocycles. The van der Waals surface area contributed by atoms with E-state index in [0.717, 1.165) is 30.3 Å². The van der Waals surface area contributed by atoms with Crippen molar-refractivity contribution in [3.8, 4) is 0 Å². The molecule has 2 aromatic rings. The molecule has 2 N–H and O–H groups in total. The normalized spacial score (nSPS) is 10.7. The number of nitrogens with zero attached hydrogens (tertiary/aromatic N) is 3. The topological polar surface area (TPSA) is 70.2 Å². The molecule has 23 heavy (non-hydrogen) atoms. The Morgan fingerprint density at radius 2 is 1.87 bits per heavy atom. The van der Waals surface area contributed by atoms with E-state index in [0.29, 0.717) is 11.5 Å². The summed E-state index contributed by atoms with van der Waals surface area (Å²) in [6.07, 6.45) is 0. The van der Waals surface area contributed by atoms with E-state index in [1.165, 1.54) is 0 Å². The zero-order valence-corrected chi connectivity index (χ0v) is 14.1. The summed E-state index contributed by atoms with van der Waals surface area (Å²) in [6, 6.07) is 9.22. The molecule has 1 aromatic carbocycles. The number of aromatic nitrogens is 2. The summed E-state index contributed by atoms with van der Waals surface area (Å²) < 4.78 is 0. The summed E-state index contributed by atoms with van der Waals surface area (Å²) in [5, 5.41) is 6.46. The Hall–Kier alpha value is -2.47. The maximum Gasteiger partial charge on any atom is 0.224 e. The van der Waals surface area contributed by atoms with E-state index in [1.807, 2.05) is 39.2 Å². The number of ketones is 1. The lowest BCUT2D eigenvalue weighted by Crippen LogP contribution is -2.21. The van der Waals surface area contributed by atoms with Crippen LogP contribution in [0, 0.1) is 6.92 Å². The number of hydrogen-bond donors (Lipinski definition) is 2. The van der Waals surface area contributed by atoms with Crippen LogP contribution in [0.15, 0.2) is 30.3 Å². The minimum Gasteiger partial charge on any atom is -0.353 e. The van der Waals surface area contributed by atoms with Gasteiger partial charge in [-0.25, -0.2) is 4.98 Å². The van der Waals surface area contributed by atoms with Gasteiger partial charge in [0.25, 0.3) is 0 Å². The maximum absolute atomic E-state index is 11.3. The van der Waals surface area contributed by atoms with E-state index in [4.69, 9.17) is 0 Å². The highest BCUT2D eigenvalue weighted by Gasteiger charge is 2.04.